The molecule has 0 spiro atoms. The first-order valence-corrected chi connectivity index (χ1v) is 7.23. The molecule has 0 aromatic carbocycles. The first-order valence-electron chi connectivity index (χ1n) is 7.23. The lowest BCUT2D eigenvalue weighted by Gasteiger charge is -2.35. The van der Waals surface area contributed by atoms with Crippen molar-refractivity contribution in [3.63, 3.8) is 0 Å². The molecule has 2 rings (SSSR count). The van der Waals surface area contributed by atoms with Crippen molar-refractivity contribution >= 4 is 0 Å². The summed E-state index contributed by atoms with van der Waals surface area (Å²) in [5.41, 5.74) is 5.94. The molecule has 1 fully saturated rings. The van der Waals surface area contributed by atoms with Crippen LogP contribution in [0.5, 0.6) is 0 Å². The molecule has 5 nitrogen and oxygen atoms in total. The normalized spacial score (nSPS) is 27.9. The summed E-state index contributed by atoms with van der Waals surface area (Å²) in [6.07, 6.45) is 5.37. The maximum atomic E-state index is 6.01. The lowest BCUT2D eigenvalue weighted by atomic mass is 9.71. The molecule has 19 heavy (non-hydrogen) atoms. The molecule has 1 aromatic rings. The van der Waals surface area contributed by atoms with Gasteiger partial charge >= 0.3 is 0 Å². The van der Waals surface area contributed by atoms with Crippen molar-refractivity contribution in [3.8, 4) is 0 Å². The number of hydrogen-bond acceptors (Lipinski definition) is 5. The maximum Gasteiger partial charge on any atom is 0.234 e. The topological polar surface area (TPSA) is 68.2 Å². The third kappa shape index (κ3) is 3.34. The first kappa shape index (κ1) is 14.5. The van der Waals surface area contributed by atoms with Crippen LogP contribution < -0.4 is 5.73 Å². The molecule has 0 unspecified atom stereocenters. The summed E-state index contributed by atoms with van der Waals surface area (Å²) in [5.74, 6) is 2.35. The zero-order valence-corrected chi connectivity index (χ0v) is 12.4. The molecule has 1 aliphatic rings. The van der Waals surface area contributed by atoms with E-state index in [9.17, 15) is 0 Å². The lowest BCUT2D eigenvalue weighted by molar-refractivity contribution is 0.191. The highest BCUT2D eigenvalue weighted by Crippen LogP contribution is 2.39. The van der Waals surface area contributed by atoms with Gasteiger partial charge in [0.15, 0.2) is 5.82 Å². The van der Waals surface area contributed by atoms with E-state index in [-0.39, 0.29) is 5.41 Å². The third-order valence-electron chi connectivity index (χ3n) is 4.33. The monoisotopic (exact) mass is 266 g/mol. The molecular formula is C14H26N4O. The van der Waals surface area contributed by atoms with Gasteiger partial charge < -0.3 is 15.2 Å². The quantitative estimate of drug-likeness (QED) is 0.876. The second-order valence-corrected chi connectivity index (χ2v) is 6.24. The van der Waals surface area contributed by atoms with Gasteiger partial charge in [0.1, 0.15) is 0 Å². The van der Waals surface area contributed by atoms with Gasteiger partial charge in [0.05, 0.1) is 5.41 Å². The Morgan fingerprint density at radius 2 is 2.05 bits per heavy atom. The Kier molecular flexibility index (Phi) is 4.58. The molecule has 0 aliphatic heterocycles. The zero-order chi connectivity index (χ0) is 13.9. The second kappa shape index (κ2) is 6.01. The van der Waals surface area contributed by atoms with E-state index >= 15 is 0 Å². The Hall–Kier alpha value is -0.940. The molecule has 0 atom stereocenters. The van der Waals surface area contributed by atoms with E-state index < -0.39 is 0 Å². The second-order valence-electron chi connectivity index (χ2n) is 6.24. The zero-order valence-electron chi connectivity index (χ0n) is 12.4. The van der Waals surface area contributed by atoms with Crippen LogP contribution in [0.15, 0.2) is 4.52 Å². The molecule has 0 radical (unpaired) electrons. The minimum atomic E-state index is -0.0735. The van der Waals surface area contributed by atoms with Gasteiger partial charge in [-0.25, -0.2) is 0 Å². The van der Waals surface area contributed by atoms with Crippen LogP contribution >= 0.6 is 0 Å². The van der Waals surface area contributed by atoms with Crippen LogP contribution in [0.1, 0.15) is 44.3 Å². The molecule has 0 amide bonds. The summed E-state index contributed by atoms with van der Waals surface area (Å²) in [6, 6.07) is 0. The molecule has 1 aromatic heterocycles. The van der Waals surface area contributed by atoms with Crippen molar-refractivity contribution in [2.45, 2.75) is 44.4 Å². The van der Waals surface area contributed by atoms with E-state index in [1.807, 2.05) is 14.1 Å². The van der Waals surface area contributed by atoms with Crippen molar-refractivity contribution in [3.05, 3.63) is 11.7 Å². The summed E-state index contributed by atoms with van der Waals surface area (Å²) in [6.45, 7) is 3.84. The van der Waals surface area contributed by atoms with Crippen LogP contribution in [-0.2, 0) is 11.8 Å². The first-order chi connectivity index (χ1) is 9.05. The number of hydrogen-bond donors (Lipinski definition) is 1. The van der Waals surface area contributed by atoms with E-state index in [0.717, 1.165) is 43.4 Å². The molecule has 0 saturated heterocycles. The van der Waals surface area contributed by atoms with E-state index in [2.05, 4.69) is 22.0 Å². The molecular weight excluding hydrogens is 240 g/mol. The molecule has 2 N–H and O–H groups in total. The number of nitrogens with two attached hydrogens (primary N) is 1. The molecule has 1 aliphatic carbocycles. The van der Waals surface area contributed by atoms with Gasteiger partial charge in [-0.2, -0.15) is 4.98 Å². The van der Waals surface area contributed by atoms with E-state index in [1.54, 1.807) is 0 Å². The highest BCUT2D eigenvalue weighted by Gasteiger charge is 2.39. The average Bonchev–Trinajstić information content (AvgIpc) is 2.87. The number of likely N-dealkylation sites (N-methyl/N-ethyl adjacent to an activating group) is 1. The van der Waals surface area contributed by atoms with Crippen molar-refractivity contribution in [1.82, 2.24) is 15.0 Å². The largest absolute Gasteiger partial charge is 0.339 e. The summed E-state index contributed by atoms with van der Waals surface area (Å²) in [4.78, 5) is 6.71. The van der Waals surface area contributed by atoms with Gasteiger partial charge in [-0.1, -0.05) is 12.1 Å². The predicted octanol–water partition coefficient (Wildman–Crippen LogP) is 1.58. The van der Waals surface area contributed by atoms with Crippen LogP contribution in [0.3, 0.4) is 0 Å². The molecule has 1 saturated carbocycles. The standard InChI is InChI=1S/C14H26N4O/c1-11-4-7-14(10-15,8-5-11)13-16-12(17-19-13)6-9-18(2)3/h11H,4-10,15H2,1-3H3. The molecule has 108 valence electrons. The van der Waals surface area contributed by atoms with Gasteiger partial charge in [-0.05, 0) is 45.7 Å². The Bertz CT molecular complexity index is 394. The van der Waals surface area contributed by atoms with Gasteiger partial charge in [0.2, 0.25) is 5.89 Å². The highest BCUT2D eigenvalue weighted by atomic mass is 16.5. The SMILES string of the molecule is CC1CCC(CN)(c2nc(CCN(C)C)no2)CC1. The van der Waals surface area contributed by atoms with Gasteiger partial charge in [-0.3, -0.25) is 0 Å². The Morgan fingerprint density at radius 1 is 1.37 bits per heavy atom. The summed E-state index contributed by atoms with van der Waals surface area (Å²) in [7, 11) is 4.09. The van der Waals surface area contributed by atoms with Crippen molar-refractivity contribution in [2.75, 3.05) is 27.2 Å². The van der Waals surface area contributed by atoms with E-state index in [4.69, 9.17) is 10.3 Å². The van der Waals surface area contributed by atoms with Crippen LogP contribution in [0, 0.1) is 5.92 Å². The average molecular weight is 266 g/mol. The third-order valence-corrected chi connectivity index (χ3v) is 4.33. The predicted molar refractivity (Wildman–Crippen MR) is 74.9 cm³/mol. The van der Waals surface area contributed by atoms with Crippen LogP contribution in [0.2, 0.25) is 0 Å². The highest BCUT2D eigenvalue weighted by molar-refractivity contribution is 5.08. The van der Waals surface area contributed by atoms with Crippen LogP contribution in [-0.4, -0.2) is 42.2 Å². The number of rotatable bonds is 5. The van der Waals surface area contributed by atoms with Gasteiger partial charge in [0, 0.05) is 19.5 Å². The van der Waals surface area contributed by atoms with Crippen molar-refractivity contribution < 1.29 is 4.52 Å². The molecule has 0 bridgehead atoms. The number of nitrogens with zero attached hydrogens (tertiary/aromatic N) is 3. The Balaban J connectivity index is 2.07. The van der Waals surface area contributed by atoms with Gasteiger partial charge in [0.25, 0.3) is 0 Å². The Morgan fingerprint density at radius 3 is 2.63 bits per heavy atom. The van der Waals surface area contributed by atoms with Crippen molar-refractivity contribution in [2.24, 2.45) is 11.7 Å². The minimum absolute atomic E-state index is 0.0735. The maximum absolute atomic E-state index is 6.01. The number of aromatic nitrogens is 2. The van der Waals surface area contributed by atoms with Crippen LogP contribution in [0.25, 0.3) is 0 Å². The van der Waals surface area contributed by atoms with Gasteiger partial charge in [-0.15, -0.1) is 0 Å². The van der Waals surface area contributed by atoms with E-state index in [0.29, 0.717) is 6.54 Å². The molecule has 5 heteroatoms. The van der Waals surface area contributed by atoms with Crippen molar-refractivity contribution in [1.29, 1.82) is 0 Å². The fraction of sp³-hybridized carbons (Fsp3) is 0.857. The minimum Gasteiger partial charge on any atom is -0.339 e. The summed E-state index contributed by atoms with van der Waals surface area (Å²) in [5, 5.41) is 4.11. The lowest BCUT2D eigenvalue weighted by Crippen LogP contribution is -2.39. The van der Waals surface area contributed by atoms with Crippen LogP contribution in [0.4, 0.5) is 0 Å². The summed E-state index contributed by atoms with van der Waals surface area (Å²) < 4.78 is 5.51. The smallest absolute Gasteiger partial charge is 0.234 e. The van der Waals surface area contributed by atoms with E-state index in [1.165, 1.54) is 12.8 Å². The summed E-state index contributed by atoms with van der Waals surface area (Å²) >= 11 is 0. The fourth-order valence-electron chi connectivity index (χ4n) is 2.71. The molecule has 1 heterocycles. The fourth-order valence-corrected chi connectivity index (χ4v) is 2.71. The Labute approximate surface area is 115 Å².